The van der Waals surface area contributed by atoms with Crippen LogP contribution in [0.15, 0.2) is 5.38 Å². The Morgan fingerprint density at radius 2 is 2.31 bits per heavy atom. The number of nitrogens with one attached hydrogen (secondary N) is 1. The lowest BCUT2D eigenvalue weighted by Gasteiger charge is -2.14. The van der Waals surface area contributed by atoms with E-state index in [1.165, 1.54) is 16.7 Å². The predicted molar refractivity (Wildman–Crippen MR) is 60.9 cm³/mol. The normalized spacial score (nSPS) is 9.88. The van der Waals surface area contributed by atoms with Crippen LogP contribution in [-0.2, 0) is 4.79 Å². The van der Waals surface area contributed by atoms with Gasteiger partial charge in [-0.05, 0) is 6.92 Å². The number of amides is 1. The number of carbonyl (C=O) groups is 2. The van der Waals surface area contributed by atoms with Gasteiger partial charge in [-0.3, -0.25) is 4.79 Å². The summed E-state index contributed by atoms with van der Waals surface area (Å²) in [4.78, 5) is 27.3. The van der Waals surface area contributed by atoms with Crippen LogP contribution in [0.4, 0.5) is 5.13 Å². The summed E-state index contributed by atoms with van der Waals surface area (Å²) in [5, 5.41) is 13.3. The molecule has 0 aliphatic carbocycles. The van der Waals surface area contributed by atoms with E-state index < -0.39 is 5.97 Å². The minimum absolute atomic E-state index is 0.0104. The first kappa shape index (κ1) is 12.4. The lowest BCUT2D eigenvalue weighted by molar-refractivity contribution is -0.127. The molecule has 0 atom stereocenters. The Labute approximate surface area is 96.9 Å². The van der Waals surface area contributed by atoms with E-state index in [1.807, 2.05) is 6.92 Å². The highest BCUT2D eigenvalue weighted by molar-refractivity contribution is 7.13. The van der Waals surface area contributed by atoms with Crippen molar-refractivity contribution in [3.63, 3.8) is 0 Å². The van der Waals surface area contributed by atoms with Gasteiger partial charge in [0.2, 0.25) is 5.91 Å². The third-order valence-electron chi connectivity index (χ3n) is 2.01. The Hall–Kier alpha value is -1.63. The highest BCUT2D eigenvalue weighted by Gasteiger charge is 2.10. The molecule has 1 amide bonds. The molecule has 0 radical (unpaired) electrons. The second-order valence-electron chi connectivity index (χ2n) is 3.10. The first-order valence-electron chi connectivity index (χ1n) is 4.71. The number of hydrogen-bond donors (Lipinski definition) is 2. The van der Waals surface area contributed by atoms with Crippen molar-refractivity contribution >= 4 is 28.3 Å². The van der Waals surface area contributed by atoms with E-state index in [1.54, 1.807) is 11.9 Å². The van der Waals surface area contributed by atoms with Crippen LogP contribution in [0.3, 0.4) is 0 Å². The number of carboxylic acid groups (broad SMARTS) is 1. The molecule has 0 bridgehead atoms. The van der Waals surface area contributed by atoms with E-state index in [0.29, 0.717) is 11.7 Å². The molecule has 1 aromatic heterocycles. The summed E-state index contributed by atoms with van der Waals surface area (Å²) < 4.78 is 0. The molecule has 0 aliphatic heterocycles. The fraction of sp³-hybridized carbons (Fsp3) is 0.444. The van der Waals surface area contributed by atoms with Crippen LogP contribution in [-0.4, -0.2) is 47.0 Å². The van der Waals surface area contributed by atoms with Gasteiger partial charge in [0.05, 0.1) is 6.54 Å². The molecule has 0 aliphatic rings. The molecule has 6 nitrogen and oxygen atoms in total. The molecule has 0 unspecified atom stereocenters. The largest absolute Gasteiger partial charge is 0.476 e. The third kappa shape index (κ3) is 3.20. The lowest BCUT2D eigenvalue weighted by atomic mass is 10.5. The number of thiazole rings is 1. The Bertz CT molecular complexity index is 391. The molecule has 0 aromatic carbocycles. The average molecular weight is 243 g/mol. The van der Waals surface area contributed by atoms with Crippen molar-refractivity contribution in [2.75, 3.05) is 25.5 Å². The molecule has 1 aromatic rings. The van der Waals surface area contributed by atoms with Crippen molar-refractivity contribution in [3.8, 4) is 0 Å². The summed E-state index contributed by atoms with van der Waals surface area (Å²) in [6.07, 6.45) is 0. The third-order valence-corrected chi connectivity index (χ3v) is 2.81. The monoisotopic (exact) mass is 243 g/mol. The zero-order valence-corrected chi connectivity index (χ0v) is 9.87. The van der Waals surface area contributed by atoms with Gasteiger partial charge < -0.3 is 15.3 Å². The van der Waals surface area contributed by atoms with Crippen LogP contribution in [0, 0.1) is 0 Å². The minimum atomic E-state index is -1.07. The van der Waals surface area contributed by atoms with Gasteiger partial charge in [0.15, 0.2) is 10.8 Å². The van der Waals surface area contributed by atoms with Crippen molar-refractivity contribution in [1.82, 2.24) is 9.88 Å². The molecular formula is C9H13N3O3S. The summed E-state index contributed by atoms with van der Waals surface area (Å²) in [6, 6.07) is 0. The van der Waals surface area contributed by atoms with Gasteiger partial charge in [-0.25, -0.2) is 9.78 Å². The minimum Gasteiger partial charge on any atom is -0.476 e. The maximum absolute atomic E-state index is 11.4. The summed E-state index contributed by atoms with van der Waals surface area (Å²) in [7, 11) is 1.70. The maximum atomic E-state index is 11.4. The van der Waals surface area contributed by atoms with E-state index >= 15 is 0 Å². The fourth-order valence-electron chi connectivity index (χ4n) is 0.916. The molecule has 0 saturated carbocycles. The lowest BCUT2D eigenvalue weighted by Crippen LogP contribution is -2.31. The Morgan fingerprint density at radius 3 is 2.81 bits per heavy atom. The topological polar surface area (TPSA) is 82.5 Å². The molecule has 7 heteroatoms. The van der Waals surface area contributed by atoms with Crippen molar-refractivity contribution < 1.29 is 14.7 Å². The van der Waals surface area contributed by atoms with E-state index in [-0.39, 0.29) is 18.1 Å². The van der Waals surface area contributed by atoms with E-state index in [2.05, 4.69) is 10.3 Å². The maximum Gasteiger partial charge on any atom is 0.355 e. The number of rotatable bonds is 5. The number of nitrogens with zero attached hydrogens (tertiary/aromatic N) is 2. The summed E-state index contributed by atoms with van der Waals surface area (Å²) in [6.45, 7) is 2.64. The van der Waals surface area contributed by atoms with Crippen LogP contribution in [0.25, 0.3) is 0 Å². The number of aromatic carboxylic acids is 1. The van der Waals surface area contributed by atoms with E-state index in [9.17, 15) is 9.59 Å². The highest BCUT2D eigenvalue weighted by Crippen LogP contribution is 2.14. The van der Waals surface area contributed by atoms with Crippen molar-refractivity contribution in [2.24, 2.45) is 0 Å². The summed E-state index contributed by atoms with van der Waals surface area (Å²) in [5.74, 6) is -1.13. The second kappa shape index (κ2) is 5.45. The number of hydrogen-bond acceptors (Lipinski definition) is 5. The zero-order valence-electron chi connectivity index (χ0n) is 9.06. The van der Waals surface area contributed by atoms with Gasteiger partial charge >= 0.3 is 5.97 Å². The highest BCUT2D eigenvalue weighted by atomic mass is 32.1. The number of carboxylic acids is 1. The SMILES string of the molecule is CCN(C)C(=O)CNc1nc(C(=O)O)cs1. The quantitative estimate of drug-likeness (QED) is 0.796. The molecule has 1 rings (SSSR count). The van der Waals surface area contributed by atoms with Gasteiger partial charge in [-0.15, -0.1) is 11.3 Å². The molecular weight excluding hydrogens is 230 g/mol. The van der Waals surface area contributed by atoms with Crippen molar-refractivity contribution in [2.45, 2.75) is 6.92 Å². The fourth-order valence-corrected chi connectivity index (χ4v) is 1.60. The van der Waals surface area contributed by atoms with Gasteiger partial charge in [0.25, 0.3) is 0 Å². The van der Waals surface area contributed by atoms with Crippen LogP contribution >= 0.6 is 11.3 Å². The molecule has 2 N–H and O–H groups in total. The average Bonchev–Trinajstić information content (AvgIpc) is 2.73. The number of aromatic nitrogens is 1. The van der Waals surface area contributed by atoms with Crippen LogP contribution < -0.4 is 5.32 Å². The van der Waals surface area contributed by atoms with E-state index in [0.717, 1.165) is 0 Å². The molecule has 1 heterocycles. The smallest absolute Gasteiger partial charge is 0.355 e. The molecule has 0 spiro atoms. The second-order valence-corrected chi connectivity index (χ2v) is 3.96. The summed E-state index contributed by atoms with van der Waals surface area (Å²) in [5.41, 5.74) is -0.0104. The molecule has 0 saturated heterocycles. The van der Waals surface area contributed by atoms with Gasteiger partial charge in [-0.2, -0.15) is 0 Å². The Kier molecular flexibility index (Phi) is 4.24. The van der Waals surface area contributed by atoms with Crippen LogP contribution in [0.2, 0.25) is 0 Å². The van der Waals surface area contributed by atoms with E-state index in [4.69, 9.17) is 5.11 Å². The number of carbonyl (C=O) groups excluding carboxylic acids is 1. The molecule has 0 fully saturated rings. The number of likely N-dealkylation sites (N-methyl/N-ethyl adjacent to an activating group) is 1. The standard InChI is InChI=1S/C9H13N3O3S/c1-3-12(2)7(13)4-10-9-11-6(5-16-9)8(14)15/h5H,3-4H2,1-2H3,(H,10,11)(H,14,15). The van der Waals surface area contributed by atoms with Crippen LogP contribution in [0.1, 0.15) is 17.4 Å². The first-order chi connectivity index (χ1) is 7.54. The van der Waals surface area contributed by atoms with Crippen molar-refractivity contribution in [1.29, 1.82) is 0 Å². The molecule has 88 valence electrons. The number of anilines is 1. The Morgan fingerprint density at radius 1 is 1.62 bits per heavy atom. The van der Waals surface area contributed by atoms with Gasteiger partial charge in [0, 0.05) is 19.0 Å². The van der Waals surface area contributed by atoms with Crippen molar-refractivity contribution in [3.05, 3.63) is 11.1 Å². The zero-order chi connectivity index (χ0) is 12.1. The summed E-state index contributed by atoms with van der Waals surface area (Å²) >= 11 is 1.17. The van der Waals surface area contributed by atoms with Crippen LogP contribution in [0.5, 0.6) is 0 Å². The van der Waals surface area contributed by atoms with Gasteiger partial charge in [0.1, 0.15) is 0 Å². The molecule has 16 heavy (non-hydrogen) atoms. The van der Waals surface area contributed by atoms with Gasteiger partial charge in [-0.1, -0.05) is 0 Å². The Balaban J connectivity index is 2.48. The first-order valence-corrected chi connectivity index (χ1v) is 5.59. The predicted octanol–water partition coefficient (Wildman–Crippen LogP) is 0.732.